The van der Waals surface area contributed by atoms with Crippen molar-refractivity contribution in [3.8, 4) is 0 Å². The van der Waals surface area contributed by atoms with Crippen molar-refractivity contribution >= 4 is 35.7 Å². The van der Waals surface area contributed by atoms with Gasteiger partial charge in [-0.05, 0) is 57.9 Å². The lowest BCUT2D eigenvalue weighted by atomic mass is 10.1. The number of carbonyl (C=O) groups excluding carboxylic acids is 3. The van der Waals surface area contributed by atoms with Crippen LogP contribution in [0.3, 0.4) is 0 Å². The normalized spacial score (nSPS) is 12.0. The number of nitrogens with one attached hydrogen (secondary N) is 3. The van der Waals surface area contributed by atoms with Gasteiger partial charge in [-0.1, -0.05) is 11.6 Å². The monoisotopic (exact) mass is 369 g/mol. The van der Waals surface area contributed by atoms with Crippen molar-refractivity contribution in [1.82, 2.24) is 10.6 Å². The first-order chi connectivity index (χ1) is 11.6. The van der Waals surface area contributed by atoms with Gasteiger partial charge in [0.1, 0.15) is 11.6 Å². The van der Waals surface area contributed by atoms with Gasteiger partial charge in [-0.2, -0.15) is 0 Å². The van der Waals surface area contributed by atoms with Gasteiger partial charge < -0.3 is 20.7 Å². The fourth-order valence-corrected chi connectivity index (χ4v) is 2.07. The average molecular weight is 370 g/mol. The van der Waals surface area contributed by atoms with Gasteiger partial charge in [0.2, 0.25) is 12.3 Å². The lowest BCUT2D eigenvalue weighted by Crippen LogP contribution is -2.43. The van der Waals surface area contributed by atoms with Crippen LogP contribution in [0.2, 0.25) is 5.02 Å². The van der Waals surface area contributed by atoms with Crippen molar-refractivity contribution in [3.05, 3.63) is 28.8 Å². The second-order valence-corrected chi connectivity index (χ2v) is 6.91. The Hall–Kier alpha value is -2.28. The smallest absolute Gasteiger partial charge is 0.407 e. The number of alkyl carbamates (subject to hydrolysis) is 1. The zero-order valence-electron chi connectivity index (χ0n) is 14.8. The van der Waals surface area contributed by atoms with Crippen molar-refractivity contribution < 1.29 is 19.1 Å². The summed E-state index contributed by atoms with van der Waals surface area (Å²) in [6.07, 6.45) is 0.0902. The molecule has 0 aliphatic heterocycles. The quantitative estimate of drug-likeness (QED) is 0.643. The second-order valence-electron chi connectivity index (χ2n) is 6.51. The molecule has 25 heavy (non-hydrogen) atoms. The van der Waals surface area contributed by atoms with Crippen molar-refractivity contribution in [1.29, 1.82) is 0 Å². The van der Waals surface area contributed by atoms with E-state index in [1.54, 1.807) is 39.0 Å². The molecule has 1 rings (SSSR count). The summed E-state index contributed by atoms with van der Waals surface area (Å²) in [5.41, 5.74) is 0.796. The Morgan fingerprint density at radius 3 is 2.56 bits per heavy atom. The minimum Gasteiger partial charge on any atom is -0.444 e. The third-order valence-electron chi connectivity index (χ3n) is 3.11. The SMILES string of the molecule is Cc1cc(NC(=O)[C@H](CCNC(=O)OC(C)(C)C)NC=O)ccc1Cl. The molecule has 0 aromatic heterocycles. The topological polar surface area (TPSA) is 96.5 Å². The zero-order chi connectivity index (χ0) is 19.0. The van der Waals surface area contributed by atoms with Gasteiger partial charge in [-0.3, -0.25) is 9.59 Å². The van der Waals surface area contributed by atoms with E-state index in [4.69, 9.17) is 16.3 Å². The number of rotatable bonds is 7. The molecule has 0 saturated heterocycles. The first kappa shape index (κ1) is 20.8. The molecule has 138 valence electrons. The zero-order valence-corrected chi connectivity index (χ0v) is 15.6. The molecule has 1 aromatic rings. The summed E-state index contributed by atoms with van der Waals surface area (Å²) in [5.74, 6) is -0.389. The van der Waals surface area contributed by atoms with Crippen LogP contribution >= 0.6 is 11.6 Å². The van der Waals surface area contributed by atoms with Gasteiger partial charge in [0.15, 0.2) is 0 Å². The standard InChI is InChI=1S/C17H24ClN3O4/c1-11-9-12(5-6-13(11)18)21-15(23)14(20-10-22)7-8-19-16(24)25-17(2,3)4/h5-6,9-10,14H,7-8H2,1-4H3,(H,19,24)(H,20,22)(H,21,23)/t14-/m0/s1. The number of amides is 3. The van der Waals surface area contributed by atoms with E-state index in [-0.39, 0.29) is 18.9 Å². The average Bonchev–Trinajstić information content (AvgIpc) is 2.48. The molecule has 3 N–H and O–H groups in total. The Morgan fingerprint density at radius 1 is 1.32 bits per heavy atom. The van der Waals surface area contributed by atoms with Crippen molar-refractivity contribution in [2.45, 2.75) is 45.8 Å². The molecule has 1 aromatic carbocycles. The molecule has 8 heteroatoms. The van der Waals surface area contributed by atoms with E-state index in [9.17, 15) is 14.4 Å². The summed E-state index contributed by atoms with van der Waals surface area (Å²) in [5, 5.41) is 8.30. The number of carbonyl (C=O) groups is 3. The van der Waals surface area contributed by atoms with E-state index >= 15 is 0 Å². The lowest BCUT2D eigenvalue weighted by molar-refractivity contribution is -0.121. The van der Waals surface area contributed by atoms with E-state index < -0.39 is 17.7 Å². The molecule has 3 amide bonds. The number of hydrogen-bond donors (Lipinski definition) is 3. The van der Waals surface area contributed by atoms with Crippen LogP contribution < -0.4 is 16.0 Å². The van der Waals surface area contributed by atoms with Crippen LogP contribution in [0, 0.1) is 6.92 Å². The Balaban J connectivity index is 2.57. The summed E-state index contributed by atoms with van der Waals surface area (Å²) in [4.78, 5) is 34.6. The van der Waals surface area contributed by atoms with Crippen molar-refractivity contribution in [3.63, 3.8) is 0 Å². The number of ether oxygens (including phenoxy) is 1. The Bertz CT molecular complexity index is 629. The molecule has 0 saturated carbocycles. The van der Waals surface area contributed by atoms with Gasteiger partial charge in [0.05, 0.1) is 0 Å². The maximum Gasteiger partial charge on any atom is 0.407 e. The largest absolute Gasteiger partial charge is 0.444 e. The highest BCUT2D eigenvalue weighted by atomic mass is 35.5. The minimum atomic E-state index is -0.788. The fraction of sp³-hybridized carbons (Fsp3) is 0.471. The van der Waals surface area contributed by atoms with Gasteiger partial charge in [-0.15, -0.1) is 0 Å². The van der Waals surface area contributed by atoms with Crippen LogP contribution in [0.1, 0.15) is 32.8 Å². The molecule has 0 unspecified atom stereocenters. The third-order valence-corrected chi connectivity index (χ3v) is 3.54. The van der Waals surface area contributed by atoms with Gasteiger partial charge in [0, 0.05) is 17.3 Å². The predicted octanol–water partition coefficient (Wildman–Crippen LogP) is 2.62. The molecular formula is C17H24ClN3O4. The third kappa shape index (κ3) is 7.89. The van der Waals surface area contributed by atoms with Crippen LogP contribution in [0.15, 0.2) is 18.2 Å². The highest BCUT2D eigenvalue weighted by molar-refractivity contribution is 6.31. The second kappa shape index (κ2) is 9.27. The number of benzene rings is 1. The Kier molecular flexibility index (Phi) is 7.70. The predicted molar refractivity (Wildman–Crippen MR) is 96.7 cm³/mol. The summed E-state index contributed by atoms with van der Waals surface area (Å²) in [6, 6.07) is 4.29. The molecule has 1 atom stereocenters. The van der Waals surface area contributed by atoms with Crippen molar-refractivity contribution in [2.75, 3.05) is 11.9 Å². The van der Waals surface area contributed by atoms with Crippen LogP contribution in [-0.2, 0) is 14.3 Å². The van der Waals surface area contributed by atoms with E-state index in [0.717, 1.165) is 5.56 Å². The highest BCUT2D eigenvalue weighted by Crippen LogP contribution is 2.19. The number of hydrogen-bond acceptors (Lipinski definition) is 4. The van der Waals surface area contributed by atoms with Crippen LogP contribution in [0.4, 0.5) is 10.5 Å². The summed E-state index contributed by atoms with van der Waals surface area (Å²) >= 11 is 5.95. The minimum absolute atomic E-state index is 0.174. The van der Waals surface area contributed by atoms with Crippen LogP contribution in [0.25, 0.3) is 0 Å². The Labute approximate surface area is 152 Å². The maximum absolute atomic E-state index is 12.3. The first-order valence-electron chi connectivity index (χ1n) is 7.86. The number of halogens is 1. The molecule has 0 aliphatic rings. The highest BCUT2D eigenvalue weighted by Gasteiger charge is 2.20. The van der Waals surface area contributed by atoms with Crippen LogP contribution in [0.5, 0.6) is 0 Å². The number of aryl methyl sites for hydroxylation is 1. The molecular weight excluding hydrogens is 346 g/mol. The molecule has 0 aliphatic carbocycles. The molecule has 0 heterocycles. The molecule has 0 fully saturated rings. The van der Waals surface area contributed by atoms with Crippen LogP contribution in [-0.4, -0.2) is 36.6 Å². The summed E-state index contributed by atoms with van der Waals surface area (Å²) in [6.45, 7) is 7.26. The van der Waals surface area contributed by atoms with Gasteiger partial charge in [0.25, 0.3) is 0 Å². The van der Waals surface area contributed by atoms with E-state index in [1.165, 1.54) is 0 Å². The summed E-state index contributed by atoms with van der Waals surface area (Å²) in [7, 11) is 0. The molecule has 0 spiro atoms. The van der Waals surface area contributed by atoms with Gasteiger partial charge in [-0.25, -0.2) is 4.79 Å². The van der Waals surface area contributed by atoms with Gasteiger partial charge >= 0.3 is 6.09 Å². The summed E-state index contributed by atoms with van der Waals surface area (Å²) < 4.78 is 5.11. The molecule has 0 bridgehead atoms. The van der Waals surface area contributed by atoms with E-state index in [1.807, 2.05) is 6.92 Å². The lowest BCUT2D eigenvalue weighted by Gasteiger charge is -2.20. The Morgan fingerprint density at radius 2 is 2.00 bits per heavy atom. The first-order valence-corrected chi connectivity index (χ1v) is 8.24. The maximum atomic E-state index is 12.3. The molecule has 0 radical (unpaired) electrons. The fourth-order valence-electron chi connectivity index (χ4n) is 1.96. The molecule has 7 nitrogen and oxygen atoms in total. The van der Waals surface area contributed by atoms with E-state index in [2.05, 4.69) is 16.0 Å². The van der Waals surface area contributed by atoms with E-state index in [0.29, 0.717) is 17.1 Å². The van der Waals surface area contributed by atoms with Crippen molar-refractivity contribution in [2.24, 2.45) is 0 Å². The number of anilines is 1.